The second-order valence-electron chi connectivity index (χ2n) is 8.88. The molecule has 5 heteroatoms. The monoisotopic (exact) mass is 405 g/mol. The van der Waals surface area contributed by atoms with Gasteiger partial charge < -0.3 is 14.5 Å². The van der Waals surface area contributed by atoms with Gasteiger partial charge >= 0.3 is 6.09 Å². The molecule has 2 aromatic carbocycles. The second kappa shape index (κ2) is 8.68. The van der Waals surface area contributed by atoms with E-state index < -0.39 is 0 Å². The first kappa shape index (κ1) is 19.4. The number of carbonyl (C=O) groups is 1. The molecule has 4 heterocycles. The lowest BCUT2D eigenvalue weighted by Crippen LogP contribution is -2.50. The Hall–Kier alpha value is -2.53. The SMILES string of the molecule is O=C(OC1CC2CCN(CC2)C1)N1CCN(c2cccc(-c3ccccc3)c2)CC1. The third-order valence-corrected chi connectivity index (χ3v) is 6.89. The van der Waals surface area contributed by atoms with Crippen LogP contribution in [-0.2, 0) is 4.74 Å². The predicted molar refractivity (Wildman–Crippen MR) is 120 cm³/mol. The molecule has 0 N–H and O–H groups in total. The van der Waals surface area contributed by atoms with E-state index in [1.807, 2.05) is 11.0 Å². The second-order valence-corrected chi connectivity index (χ2v) is 8.88. The lowest BCUT2D eigenvalue weighted by Gasteiger charge is -2.36. The molecule has 4 saturated heterocycles. The zero-order chi connectivity index (χ0) is 20.3. The first-order chi connectivity index (χ1) is 14.7. The summed E-state index contributed by atoms with van der Waals surface area (Å²) in [5.74, 6) is 0.732. The first-order valence-electron chi connectivity index (χ1n) is 11.3. The summed E-state index contributed by atoms with van der Waals surface area (Å²) in [4.78, 5) is 19.5. The smallest absolute Gasteiger partial charge is 0.410 e. The van der Waals surface area contributed by atoms with Gasteiger partial charge in [-0.1, -0.05) is 42.5 Å². The standard InChI is InChI=1S/C25H31N3O2/c29-25(30-24-17-20-9-11-26(19-24)12-10-20)28-15-13-27(14-16-28)23-8-4-7-22(18-23)21-5-2-1-3-6-21/h1-8,18,20,24H,9-17,19H2. The zero-order valence-electron chi connectivity index (χ0n) is 17.6. The topological polar surface area (TPSA) is 36.0 Å². The highest BCUT2D eigenvalue weighted by molar-refractivity contribution is 5.70. The van der Waals surface area contributed by atoms with E-state index >= 15 is 0 Å². The Morgan fingerprint density at radius 2 is 1.57 bits per heavy atom. The maximum absolute atomic E-state index is 12.8. The van der Waals surface area contributed by atoms with E-state index in [9.17, 15) is 4.79 Å². The third-order valence-electron chi connectivity index (χ3n) is 6.89. The molecule has 4 aliphatic heterocycles. The molecule has 0 aromatic heterocycles. The van der Waals surface area contributed by atoms with Gasteiger partial charge in [0.15, 0.2) is 0 Å². The van der Waals surface area contributed by atoms with Crippen LogP contribution in [0.4, 0.5) is 10.5 Å². The normalized spacial score (nSPS) is 26.3. The van der Waals surface area contributed by atoms with E-state index in [0.29, 0.717) is 13.1 Å². The van der Waals surface area contributed by atoms with Gasteiger partial charge in [-0.25, -0.2) is 4.79 Å². The fourth-order valence-corrected chi connectivity index (χ4v) is 5.10. The van der Waals surface area contributed by atoms with Crippen molar-refractivity contribution in [3.05, 3.63) is 54.6 Å². The number of piperidine rings is 1. The van der Waals surface area contributed by atoms with Crippen LogP contribution in [0.1, 0.15) is 19.3 Å². The molecule has 6 rings (SSSR count). The van der Waals surface area contributed by atoms with Crippen molar-refractivity contribution in [2.75, 3.05) is 50.7 Å². The van der Waals surface area contributed by atoms with Crippen LogP contribution in [0.25, 0.3) is 11.1 Å². The van der Waals surface area contributed by atoms with Crippen molar-refractivity contribution in [2.45, 2.75) is 25.4 Å². The van der Waals surface area contributed by atoms with Crippen molar-refractivity contribution in [1.82, 2.24) is 9.80 Å². The number of amides is 1. The number of anilines is 1. The number of rotatable bonds is 3. The number of benzene rings is 2. The van der Waals surface area contributed by atoms with Crippen LogP contribution in [0.2, 0.25) is 0 Å². The summed E-state index contributed by atoms with van der Waals surface area (Å²) in [7, 11) is 0. The summed E-state index contributed by atoms with van der Waals surface area (Å²) in [6.07, 6.45) is 3.49. The van der Waals surface area contributed by atoms with E-state index in [1.165, 1.54) is 42.7 Å². The largest absolute Gasteiger partial charge is 0.445 e. The Labute approximate surface area is 179 Å². The fourth-order valence-electron chi connectivity index (χ4n) is 5.10. The molecule has 4 fully saturated rings. The van der Waals surface area contributed by atoms with Gasteiger partial charge in [-0.15, -0.1) is 0 Å². The van der Waals surface area contributed by atoms with Crippen molar-refractivity contribution >= 4 is 11.8 Å². The Balaban J connectivity index is 1.17. The third kappa shape index (κ3) is 4.31. The van der Waals surface area contributed by atoms with Gasteiger partial charge in [0.05, 0.1) is 0 Å². The van der Waals surface area contributed by atoms with Crippen LogP contribution in [0, 0.1) is 5.92 Å². The average molecular weight is 406 g/mol. The van der Waals surface area contributed by atoms with Crippen LogP contribution in [-0.4, -0.2) is 67.8 Å². The summed E-state index contributed by atoms with van der Waals surface area (Å²) >= 11 is 0. The van der Waals surface area contributed by atoms with Gasteiger partial charge in [-0.05, 0) is 61.5 Å². The molecule has 5 nitrogen and oxygen atoms in total. The Morgan fingerprint density at radius 3 is 2.33 bits per heavy atom. The predicted octanol–water partition coefficient (Wildman–Crippen LogP) is 4.10. The van der Waals surface area contributed by atoms with Gasteiger partial charge in [0.1, 0.15) is 6.10 Å². The maximum Gasteiger partial charge on any atom is 0.410 e. The lowest BCUT2D eigenvalue weighted by molar-refractivity contribution is 0.0475. The summed E-state index contributed by atoms with van der Waals surface area (Å²) in [6, 6.07) is 19.2. The maximum atomic E-state index is 12.8. The minimum absolute atomic E-state index is 0.0630. The summed E-state index contributed by atoms with van der Waals surface area (Å²) in [6.45, 7) is 6.36. The lowest BCUT2D eigenvalue weighted by atomic mass is 9.95. The van der Waals surface area contributed by atoms with E-state index in [-0.39, 0.29) is 12.2 Å². The van der Waals surface area contributed by atoms with Crippen molar-refractivity contribution in [3.8, 4) is 11.1 Å². The van der Waals surface area contributed by atoms with Gasteiger partial charge in [-0.2, -0.15) is 0 Å². The van der Waals surface area contributed by atoms with Crippen LogP contribution in [0.15, 0.2) is 54.6 Å². The van der Waals surface area contributed by atoms with Gasteiger partial charge in [0.25, 0.3) is 0 Å². The fraction of sp³-hybridized carbons (Fsp3) is 0.480. The van der Waals surface area contributed by atoms with Crippen LogP contribution in [0.3, 0.4) is 0 Å². The molecular weight excluding hydrogens is 374 g/mol. The van der Waals surface area contributed by atoms with Crippen LogP contribution < -0.4 is 4.90 Å². The highest BCUT2D eigenvalue weighted by Gasteiger charge is 2.32. The number of piperazine rings is 1. The number of nitrogens with zero attached hydrogens (tertiary/aromatic N) is 3. The van der Waals surface area contributed by atoms with Gasteiger partial charge in [0, 0.05) is 38.4 Å². The summed E-state index contributed by atoms with van der Waals surface area (Å²) < 4.78 is 5.94. The van der Waals surface area contributed by atoms with E-state index in [1.54, 1.807) is 0 Å². The number of ether oxygens (including phenoxy) is 1. The molecule has 1 unspecified atom stereocenters. The number of hydrogen-bond donors (Lipinski definition) is 0. The van der Waals surface area contributed by atoms with Crippen molar-refractivity contribution in [3.63, 3.8) is 0 Å². The average Bonchev–Trinajstić information content (AvgIpc) is 3.12. The molecule has 1 atom stereocenters. The molecule has 2 bridgehead atoms. The molecule has 30 heavy (non-hydrogen) atoms. The molecule has 2 aromatic rings. The molecule has 4 aliphatic rings. The van der Waals surface area contributed by atoms with Gasteiger partial charge in [-0.3, -0.25) is 4.90 Å². The number of fused-ring (bicyclic) bond motifs is 4. The molecule has 0 saturated carbocycles. The van der Waals surface area contributed by atoms with E-state index in [0.717, 1.165) is 32.0 Å². The number of hydrogen-bond acceptors (Lipinski definition) is 4. The van der Waals surface area contributed by atoms with Crippen LogP contribution >= 0.6 is 0 Å². The minimum Gasteiger partial charge on any atom is -0.445 e. The Bertz CT molecular complexity index is 842. The van der Waals surface area contributed by atoms with Crippen molar-refractivity contribution in [1.29, 1.82) is 0 Å². The summed E-state index contributed by atoms with van der Waals surface area (Å²) in [5, 5.41) is 0. The number of carbonyl (C=O) groups excluding carboxylic acids is 1. The highest BCUT2D eigenvalue weighted by Crippen LogP contribution is 2.29. The van der Waals surface area contributed by atoms with Crippen LogP contribution in [0.5, 0.6) is 0 Å². The van der Waals surface area contributed by atoms with E-state index in [2.05, 4.69) is 58.3 Å². The Kier molecular flexibility index (Phi) is 5.63. The highest BCUT2D eigenvalue weighted by atomic mass is 16.6. The molecular formula is C25H31N3O2. The molecule has 0 radical (unpaired) electrons. The van der Waals surface area contributed by atoms with Gasteiger partial charge in [0.2, 0.25) is 0 Å². The molecule has 0 aliphatic carbocycles. The van der Waals surface area contributed by atoms with Crippen molar-refractivity contribution < 1.29 is 9.53 Å². The first-order valence-corrected chi connectivity index (χ1v) is 11.3. The quantitative estimate of drug-likeness (QED) is 0.770. The minimum atomic E-state index is -0.125. The molecule has 0 spiro atoms. The Morgan fingerprint density at radius 1 is 0.833 bits per heavy atom. The van der Waals surface area contributed by atoms with E-state index in [4.69, 9.17) is 4.74 Å². The zero-order valence-corrected chi connectivity index (χ0v) is 17.6. The summed E-state index contributed by atoms with van der Waals surface area (Å²) in [5.41, 5.74) is 3.68. The molecule has 158 valence electrons. The molecule has 1 amide bonds. The van der Waals surface area contributed by atoms with Crippen molar-refractivity contribution in [2.24, 2.45) is 5.92 Å².